The van der Waals surface area contributed by atoms with Crippen LogP contribution in [0.5, 0.6) is 0 Å². The molecule has 0 radical (unpaired) electrons. The van der Waals surface area contributed by atoms with Gasteiger partial charge in [-0.15, -0.1) is 5.69 Å². The summed E-state index contributed by atoms with van der Waals surface area (Å²) < 4.78 is 46.8. The van der Waals surface area contributed by atoms with Crippen molar-refractivity contribution in [3.8, 4) is 5.69 Å². The number of urea groups is 1. The van der Waals surface area contributed by atoms with E-state index in [2.05, 4.69) is 0 Å². The van der Waals surface area contributed by atoms with E-state index in [0.29, 0.717) is 11.5 Å². The van der Waals surface area contributed by atoms with Gasteiger partial charge >= 0.3 is 6.03 Å². The van der Waals surface area contributed by atoms with Crippen LogP contribution >= 0.6 is 10.6 Å². The molecule has 1 N–H and O–H groups in total. The van der Waals surface area contributed by atoms with Crippen LogP contribution < -0.4 is 10.2 Å². The minimum Gasteiger partial charge on any atom is -0.325 e. The molecule has 2 aromatic carbocycles. The third-order valence-corrected chi connectivity index (χ3v) is 4.85. The summed E-state index contributed by atoms with van der Waals surface area (Å²) in [6.45, 7) is 2.11. The Morgan fingerprint density at radius 1 is 1.15 bits per heavy atom. The average Bonchev–Trinajstić information content (AvgIpc) is 2.61. The lowest BCUT2D eigenvalue weighted by Crippen LogP contribution is -2.41. The molecular formula is C18H17F3N2O3S. The van der Waals surface area contributed by atoms with Crippen LogP contribution in [0.25, 0.3) is 0 Å². The number of anilines is 1. The summed E-state index contributed by atoms with van der Waals surface area (Å²) in [7, 11) is -0.286. The van der Waals surface area contributed by atoms with E-state index in [4.69, 9.17) is 9.87 Å². The van der Waals surface area contributed by atoms with E-state index >= 15 is 0 Å². The maximum absolute atomic E-state index is 14.3. The fourth-order valence-corrected chi connectivity index (χ4v) is 3.08. The number of hydrogen-bond acceptors (Lipinski definition) is 3. The van der Waals surface area contributed by atoms with E-state index in [1.807, 2.05) is 5.32 Å². The maximum atomic E-state index is 14.3. The Labute approximate surface area is 156 Å². The minimum atomic E-state index is -1.49. The predicted molar refractivity (Wildman–Crippen MR) is 97.8 cm³/mol. The molecule has 0 bridgehead atoms. The predicted octanol–water partition coefficient (Wildman–Crippen LogP) is 3.99. The smallest absolute Gasteiger partial charge is 0.325 e. The van der Waals surface area contributed by atoms with Gasteiger partial charge in [-0.05, 0) is 37.3 Å². The number of benzene rings is 2. The van der Waals surface area contributed by atoms with E-state index in [1.165, 1.54) is 19.2 Å². The van der Waals surface area contributed by atoms with Crippen molar-refractivity contribution in [2.24, 2.45) is 0 Å². The highest BCUT2D eigenvalue weighted by Crippen LogP contribution is 2.28. The number of amides is 3. The number of carbonyl (C=O) groups is 2. The van der Waals surface area contributed by atoms with Crippen molar-refractivity contribution in [1.82, 2.24) is 5.32 Å². The molecule has 0 spiro atoms. The quantitative estimate of drug-likeness (QED) is 0.769. The zero-order chi connectivity index (χ0) is 20.1. The normalized spacial score (nSPS) is 11.7. The molecule has 0 fully saturated rings. The van der Waals surface area contributed by atoms with Gasteiger partial charge in [0.05, 0.1) is 12.3 Å². The van der Waals surface area contributed by atoms with Gasteiger partial charge in [-0.1, -0.05) is 16.6 Å². The highest BCUT2D eigenvalue weighted by Gasteiger charge is 2.22. The molecule has 1 atom stereocenters. The molecule has 0 saturated heterocycles. The molecule has 2 rings (SSSR count). The van der Waals surface area contributed by atoms with Gasteiger partial charge in [0.2, 0.25) is 0 Å². The second-order valence-electron chi connectivity index (χ2n) is 5.29. The van der Waals surface area contributed by atoms with Crippen molar-refractivity contribution in [2.75, 3.05) is 18.6 Å². The van der Waals surface area contributed by atoms with E-state index in [1.54, 1.807) is 6.92 Å². The summed E-state index contributed by atoms with van der Waals surface area (Å²) in [6, 6.07) is 5.69. The molecule has 27 heavy (non-hydrogen) atoms. The number of thiol groups is 1. The third kappa shape index (κ3) is 4.71. The topological polar surface area (TPSA) is 58.6 Å². The molecule has 0 aliphatic heterocycles. The average molecular weight is 398 g/mol. The van der Waals surface area contributed by atoms with Crippen molar-refractivity contribution in [2.45, 2.75) is 11.8 Å². The van der Waals surface area contributed by atoms with Gasteiger partial charge in [0.25, 0.3) is 5.91 Å². The monoisotopic (exact) mass is 398 g/mol. The van der Waals surface area contributed by atoms with Gasteiger partial charge in [0.15, 0.2) is 0 Å². The number of rotatable bonds is 3. The molecule has 0 heterocycles. The molecule has 0 aromatic heterocycles. The van der Waals surface area contributed by atoms with Crippen molar-refractivity contribution >= 4 is 28.2 Å². The third-order valence-electron chi connectivity index (χ3n) is 3.53. The molecule has 144 valence electrons. The first-order valence-electron chi connectivity index (χ1n) is 7.76. The fraction of sp³-hybridized carbons (Fsp3) is 0.167. The molecule has 1 unspecified atom stereocenters. The SMILES string of the molecule is C#[SH](OCC)c1ccc(N(C)C(=O)NC(=O)c2c(F)cccc2F)c(F)c1. The largest absolute Gasteiger partial charge is 0.328 e. The van der Waals surface area contributed by atoms with Crippen LogP contribution in [0.4, 0.5) is 23.7 Å². The lowest BCUT2D eigenvalue weighted by Gasteiger charge is -2.19. The highest BCUT2D eigenvalue weighted by atomic mass is 32.2. The van der Waals surface area contributed by atoms with Gasteiger partial charge in [-0.2, -0.15) is 0 Å². The first-order valence-corrected chi connectivity index (χ1v) is 9.09. The molecule has 3 amide bonds. The molecule has 2 aromatic rings. The van der Waals surface area contributed by atoms with Gasteiger partial charge in [0, 0.05) is 11.9 Å². The van der Waals surface area contributed by atoms with Crippen LogP contribution in [-0.2, 0) is 4.18 Å². The van der Waals surface area contributed by atoms with Crippen molar-refractivity contribution in [1.29, 1.82) is 0 Å². The van der Waals surface area contributed by atoms with Crippen LogP contribution in [-0.4, -0.2) is 25.6 Å². The Bertz CT molecular complexity index is 936. The Morgan fingerprint density at radius 2 is 1.78 bits per heavy atom. The lowest BCUT2D eigenvalue weighted by molar-refractivity contribution is 0.0957. The fourth-order valence-electron chi connectivity index (χ4n) is 2.19. The molecule has 0 saturated carbocycles. The van der Waals surface area contributed by atoms with Crippen LogP contribution in [0, 0.1) is 23.1 Å². The summed E-state index contributed by atoms with van der Waals surface area (Å²) in [4.78, 5) is 25.4. The van der Waals surface area contributed by atoms with Crippen LogP contribution in [0.15, 0.2) is 41.3 Å². The van der Waals surface area contributed by atoms with Gasteiger partial charge in [-0.3, -0.25) is 15.0 Å². The first-order chi connectivity index (χ1) is 12.8. The van der Waals surface area contributed by atoms with E-state index in [0.717, 1.165) is 29.2 Å². The standard InChI is InChI=1S/C18H17F3N2O3S/c1-4-26-27(3)11-8-9-15(14(21)10-11)23(2)18(25)22-17(24)16-12(19)6-5-7-13(16)20/h3,5-10,27H,4H2,1-2H3,(H,22,24,25). The van der Waals surface area contributed by atoms with Crippen molar-refractivity contribution in [3.05, 3.63) is 59.4 Å². The summed E-state index contributed by atoms with van der Waals surface area (Å²) in [6.07, 6.45) is 0. The van der Waals surface area contributed by atoms with Crippen LogP contribution in [0.1, 0.15) is 17.3 Å². The lowest BCUT2D eigenvalue weighted by atomic mass is 10.2. The van der Waals surface area contributed by atoms with Crippen molar-refractivity contribution in [3.63, 3.8) is 0 Å². The molecule has 5 nitrogen and oxygen atoms in total. The zero-order valence-electron chi connectivity index (χ0n) is 14.5. The Morgan fingerprint density at radius 3 is 2.33 bits per heavy atom. The number of hydrogen-bond donors (Lipinski definition) is 2. The maximum Gasteiger partial charge on any atom is 0.328 e. The number of carbonyl (C=O) groups excluding carboxylic acids is 2. The van der Waals surface area contributed by atoms with Crippen LogP contribution in [0.3, 0.4) is 0 Å². The molecule has 9 heteroatoms. The van der Waals surface area contributed by atoms with E-state index in [9.17, 15) is 22.8 Å². The van der Waals surface area contributed by atoms with Gasteiger partial charge in [-0.25, -0.2) is 18.0 Å². The Balaban J connectivity index is 2.18. The summed E-state index contributed by atoms with van der Waals surface area (Å²) in [5, 5.41) is 1.82. The second kappa shape index (κ2) is 8.77. The summed E-state index contributed by atoms with van der Waals surface area (Å²) >= 11 is 0. The number of halogens is 3. The Kier molecular flexibility index (Phi) is 6.68. The van der Waals surface area contributed by atoms with Gasteiger partial charge in [0.1, 0.15) is 23.0 Å². The van der Waals surface area contributed by atoms with Crippen molar-refractivity contribution < 1.29 is 26.9 Å². The second-order valence-corrected chi connectivity index (χ2v) is 6.72. The number of imide groups is 1. The Hall–Kier alpha value is -2.74. The summed E-state index contributed by atoms with van der Waals surface area (Å²) in [5.41, 5.74) is 4.73. The molecule has 0 aliphatic carbocycles. The minimum absolute atomic E-state index is 0.155. The molecule has 0 aliphatic rings. The van der Waals surface area contributed by atoms with Crippen LogP contribution in [0.2, 0.25) is 0 Å². The van der Waals surface area contributed by atoms with E-state index < -0.39 is 45.5 Å². The van der Waals surface area contributed by atoms with Gasteiger partial charge < -0.3 is 4.18 Å². The number of nitrogens with zero attached hydrogens (tertiary/aromatic N) is 1. The summed E-state index contributed by atoms with van der Waals surface area (Å²) in [5.74, 6) is -4.29. The first kappa shape index (κ1) is 20.6. The highest BCUT2D eigenvalue weighted by molar-refractivity contribution is 8.02. The molecular weight excluding hydrogens is 381 g/mol. The van der Waals surface area contributed by atoms with E-state index in [-0.39, 0.29) is 5.69 Å². The zero-order valence-corrected chi connectivity index (χ0v) is 15.4. The number of nitrogens with one attached hydrogen (secondary N) is 1.